The highest BCUT2D eigenvalue weighted by Gasteiger charge is 2.27. The molecule has 1 amide bonds. The van der Waals surface area contributed by atoms with Gasteiger partial charge in [0.25, 0.3) is 5.56 Å². The minimum Gasteiger partial charge on any atom is -0.444 e. The smallest absolute Gasteiger partial charge is 0.410 e. The highest BCUT2D eigenvalue weighted by Crippen LogP contribution is 2.32. The number of aromatic amines is 1. The van der Waals surface area contributed by atoms with E-state index in [1.165, 1.54) is 18.3 Å². The Bertz CT molecular complexity index is 1680. The Kier molecular flexibility index (Phi) is 8.25. The molecular formula is C29H28Cl2F2N6O3. The number of piperazine rings is 1. The van der Waals surface area contributed by atoms with Gasteiger partial charge >= 0.3 is 6.09 Å². The molecule has 0 spiro atoms. The highest BCUT2D eigenvalue weighted by molar-refractivity contribution is 6.36. The van der Waals surface area contributed by atoms with Crippen molar-refractivity contribution in [2.75, 3.05) is 36.4 Å². The Hall–Kier alpha value is -3.96. The molecule has 2 aromatic carbocycles. The second-order valence-electron chi connectivity index (χ2n) is 10.9. The third-order valence-electron chi connectivity index (χ3n) is 6.69. The van der Waals surface area contributed by atoms with Crippen molar-refractivity contribution in [3.63, 3.8) is 0 Å². The van der Waals surface area contributed by atoms with Crippen molar-refractivity contribution in [2.45, 2.75) is 32.8 Å². The molecule has 42 heavy (non-hydrogen) atoms. The fourth-order valence-electron chi connectivity index (χ4n) is 4.69. The number of halogens is 4. The molecule has 2 N–H and O–H groups in total. The molecule has 13 heteroatoms. The van der Waals surface area contributed by atoms with Crippen LogP contribution in [0.3, 0.4) is 0 Å². The summed E-state index contributed by atoms with van der Waals surface area (Å²) in [6, 6.07) is 9.16. The first-order valence-corrected chi connectivity index (χ1v) is 13.9. The third-order valence-corrected chi connectivity index (χ3v) is 7.39. The zero-order valence-electron chi connectivity index (χ0n) is 23.1. The topological polar surface area (TPSA) is 103 Å². The van der Waals surface area contributed by atoms with E-state index in [9.17, 15) is 9.59 Å². The van der Waals surface area contributed by atoms with E-state index in [1.54, 1.807) is 54.8 Å². The number of nitrogens with zero attached hydrogens (tertiary/aromatic N) is 4. The third kappa shape index (κ3) is 6.42. The molecule has 3 heterocycles. The number of aromatic nitrogens is 3. The summed E-state index contributed by atoms with van der Waals surface area (Å²) in [5, 5.41) is 10.2. The van der Waals surface area contributed by atoms with E-state index in [0.717, 1.165) is 0 Å². The van der Waals surface area contributed by atoms with E-state index in [4.69, 9.17) is 27.9 Å². The van der Waals surface area contributed by atoms with Crippen LogP contribution in [0.5, 0.6) is 0 Å². The monoisotopic (exact) mass is 616 g/mol. The highest BCUT2D eigenvalue weighted by atomic mass is 35.5. The van der Waals surface area contributed by atoms with Gasteiger partial charge in [-0.25, -0.2) is 23.7 Å². The van der Waals surface area contributed by atoms with Crippen LogP contribution in [-0.2, 0) is 11.2 Å². The number of amides is 1. The van der Waals surface area contributed by atoms with Crippen LogP contribution < -0.4 is 15.8 Å². The first kappa shape index (κ1) is 29.5. The normalized spacial score (nSPS) is 13.9. The second-order valence-corrected chi connectivity index (χ2v) is 11.7. The van der Waals surface area contributed by atoms with Crippen LogP contribution in [0.2, 0.25) is 10.0 Å². The van der Waals surface area contributed by atoms with E-state index in [1.807, 2.05) is 0 Å². The van der Waals surface area contributed by atoms with Crippen LogP contribution in [0.1, 0.15) is 32.0 Å². The van der Waals surface area contributed by atoms with Crippen molar-refractivity contribution >= 4 is 57.3 Å². The van der Waals surface area contributed by atoms with Crippen molar-refractivity contribution < 1.29 is 18.3 Å². The summed E-state index contributed by atoms with van der Waals surface area (Å²) in [5.41, 5.74) is -0.278. The Labute approximate surface area is 250 Å². The van der Waals surface area contributed by atoms with Gasteiger partial charge in [-0.05, 0) is 56.7 Å². The fraction of sp³-hybridized carbons (Fsp3) is 0.310. The molecular weight excluding hydrogens is 589 g/mol. The molecule has 0 aliphatic carbocycles. The molecule has 220 valence electrons. The molecule has 0 unspecified atom stereocenters. The number of ether oxygens (including phenoxy) is 1. The number of H-pyrrole nitrogens is 1. The van der Waals surface area contributed by atoms with Gasteiger partial charge in [0, 0.05) is 59.4 Å². The summed E-state index contributed by atoms with van der Waals surface area (Å²) < 4.78 is 36.3. The van der Waals surface area contributed by atoms with E-state index >= 15 is 8.78 Å². The van der Waals surface area contributed by atoms with Crippen LogP contribution in [-0.4, -0.2) is 58.0 Å². The molecule has 0 bridgehead atoms. The van der Waals surface area contributed by atoms with E-state index in [2.05, 4.69) is 20.5 Å². The van der Waals surface area contributed by atoms with Gasteiger partial charge in [-0.15, -0.1) is 0 Å². The molecule has 0 radical (unpaired) electrons. The largest absolute Gasteiger partial charge is 0.444 e. The average Bonchev–Trinajstić information content (AvgIpc) is 2.92. The average molecular weight is 617 g/mol. The number of hydrogen-bond acceptors (Lipinski definition) is 7. The first-order chi connectivity index (χ1) is 19.9. The molecule has 0 atom stereocenters. The number of carbonyl (C=O) groups is 1. The minimum atomic E-state index is -0.875. The standard InChI is InChI=1S/C29H28Cl2F2N6O3/c1-29(2,3)42-28(41)39-9-7-38(8-10-39)18-13-22(32)25(23(33)14-18)36-26-24-16(15-34-37-27(24)40)11-17(35-26)12-19-20(30)5-4-6-21(19)31/h4-6,11,13-15H,7-10,12H2,1-3H3,(H,35,36)(H,37,40). The van der Waals surface area contributed by atoms with Crippen molar-refractivity contribution in [1.29, 1.82) is 0 Å². The number of nitrogens with one attached hydrogen (secondary N) is 2. The summed E-state index contributed by atoms with van der Waals surface area (Å²) in [4.78, 5) is 32.9. The molecule has 4 aromatic rings. The minimum absolute atomic E-state index is 0.0501. The quantitative estimate of drug-likeness (QED) is 0.271. The fourth-order valence-corrected chi connectivity index (χ4v) is 5.23. The summed E-state index contributed by atoms with van der Waals surface area (Å²) in [6.07, 6.45) is 1.20. The lowest BCUT2D eigenvalue weighted by Gasteiger charge is -2.36. The van der Waals surface area contributed by atoms with Gasteiger partial charge in [0.05, 0.1) is 11.6 Å². The van der Waals surface area contributed by atoms with Gasteiger partial charge in [0.15, 0.2) is 11.6 Å². The van der Waals surface area contributed by atoms with Gasteiger partial charge in [-0.3, -0.25) is 4.79 Å². The van der Waals surface area contributed by atoms with Crippen LogP contribution >= 0.6 is 23.2 Å². The lowest BCUT2D eigenvalue weighted by atomic mass is 10.1. The van der Waals surface area contributed by atoms with Crippen molar-refractivity contribution in [3.8, 4) is 0 Å². The molecule has 9 nitrogen and oxygen atoms in total. The van der Waals surface area contributed by atoms with E-state index in [-0.39, 0.29) is 17.6 Å². The van der Waals surface area contributed by atoms with Crippen LogP contribution in [0.15, 0.2) is 47.4 Å². The number of fused-ring (bicyclic) bond motifs is 1. The molecule has 0 saturated carbocycles. The molecule has 1 fully saturated rings. The molecule has 2 aromatic heterocycles. The molecule has 1 aliphatic heterocycles. The zero-order valence-corrected chi connectivity index (χ0v) is 24.6. The maximum atomic E-state index is 15.4. The van der Waals surface area contributed by atoms with Crippen molar-refractivity contribution in [3.05, 3.63) is 85.9 Å². The molecule has 1 saturated heterocycles. The number of hydrogen-bond donors (Lipinski definition) is 2. The summed E-state index contributed by atoms with van der Waals surface area (Å²) in [7, 11) is 0. The zero-order chi connectivity index (χ0) is 30.2. The maximum Gasteiger partial charge on any atom is 0.410 e. The SMILES string of the molecule is CC(C)(C)OC(=O)N1CCN(c2cc(F)c(Nc3nc(Cc4c(Cl)cccc4Cl)cc4cn[nH]c(=O)c34)c(F)c2)CC1. The van der Waals surface area contributed by atoms with Gasteiger partial charge in [-0.2, -0.15) is 5.10 Å². The first-order valence-electron chi connectivity index (χ1n) is 13.2. The Morgan fingerprint density at radius 1 is 1.07 bits per heavy atom. The molecule has 1 aliphatic rings. The lowest BCUT2D eigenvalue weighted by Crippen LogP contribution is -2.50. The van der Waals surface area contributed by atoms with Gasteiger partial charge < -0.3 is 19.9 Å². The van der Waals surface area contributed by atoms with Crippen molar-refractivity contribution in [2.24, 2.45) is 0 Å². The summed E-state index contributed by atoms with van der Waals surface area (Å²) in [6.45, 7) is 6.79. The van der Waals surface area contributed by atoms with Gasteiger partial charge in [0.1, 0.15) is 17.1 Å². The van der Waals surface area contributed by atoms with E-state index < -0.39 is 34.6 Å². The number of benzene rings is 2. The van der Waals surface area contributed by atoms with Crippen molar-refractivity contribution in [1.82, 2.24) is 20.1 Å². The van der Waals surface area contributed by atoms with Crippen LogP contribution in [0.4, 0.5) is 30.8 Å². The Morgan fingerprint density at radius 2 is 1.71 bits per heavy atom. The van der Waals surface area contributed by atoms with Gasteiger partial charge in [0.2, 0.25) is 0 Å². The number of pyridine rings is 1. The Balaban J connectivity index is 1.41. The lowest BCUT2D eigenvalue weighted by molar-refractivity contribution is 0.0240. The second kappa shape index (κ2) is 11.7. The van der Waals surface area contributed by atoms with Gasteiger partial charge in [-0.1, -0.05) is 29.3 Å². The van der Waals surface area contributed by atoms with E-state index in [0.29, 0.717) is 58.6 Å². The predicted molar refractivity (Wildman–Crippen MR) is 159 cm³/mol. The number of carbonyl (C=O) groups excluding carboxylic acids is 1. The Morgan fingerprint density at radius 3 is 2.33 bits per heavy atom. The maximum absolute atomic E-state index is 15.4. The number of rotatable bonds is 5. The number of anilines is 3. The molecule has 5 rings (SSSR count). The van der Waals surface area contributed by atoms with Crippen LogP contribution in [0.25, 0.3) is 10.8 Å². The summed E-state index contributed by atoms with van der Waals surface area (Å²) in [5.74, 6) is -1.80. The van der Waals surface area contributed by atoms with Crippen LogP contribution in [0, 0.1) is 11.6 Å². The summed E-state index contributed by atoms with van der Waals surface area (Å²) >= 11 is 12.7. The predicted octanol–water partition coefficient (Wildman–Crippen LogP) is 6.29.